The zero-order valence-corrected chi connectivity index (χ0v) is 24.3. The Morgan fingerprint density at radius 1 is 1.05 bits per heavy atom. The SMILES string of the molecule is CCOC(=O)c1ccc(NC(=O)C(CCOC(C)(C)C)n2cc(C)c(-c3cc(Cl)ccc3OC(F)F)cc2=O)cc1. The van der Waals surface area contributed by atoms with Gasteiger partial charge in [-0.3, -0.25) is 9.59 Å². The van der Waals surface area contributed by atoms with Crippen molar-refractivity contribution in [3.8, 4) is 16.9 Å². The van der Waals surface area contributed by atoms with E-state index in [4.69, 9.17) is 21.1 Å². The molecule has 0 fully saturated rings. The van der Waals surface area contributed by atoms with Crippen LogP contribution < -0.4 is 15.6 Å². The van der Waals surface area contributed by atoms with Crippen LogP contribution in [-0.2, 0) is 14.3 Å². The van der Waals surface area contributed by atoms with Crippen molar-refractivity contribution in [3.05, 3.63) is 81.2 Å². The average Bonchev–Trinajstić information content (AvgIpc) is 2.88. The summed E-state index contributed by atoms with van der Waals surface area (Å²) in [7, 11) is 0. The molecule has 0 aliphatic heterocycles. The summed E-state index contributed by atoms with van der Waals surface area (Å²) in [5.41, 5.74) is 0.823. The van der Waals surface area contributed by atoms with Crippen molar-refractivity contribution in [2.45, 2.75) is 59.3 Å². The molecule has 1 amide bonds. The van der Waals surface area contributed by atoms with Crippen molar-refractivity contribution < 1.29 is 32.6 Å². The number of alkyl halides is 2. The van der Waals surface area contributed by atoms with E-state index >= 15 is 0 Å². The van der Waals surface area contributed by atoms with Crippen LogP contribution in [0.5, 0.6) is 5.75 Å². The fourth-order valence-corrected chi connectivity index (χ4v) is 4.27. The number of nitrogens with one attached hydrogen (secondary N) is 1. The Bertz CT molecular complexity index is 1430. The average molecular weight is 591 g/mol. The van der Waals surface area contributed by atoms with Gasteiger partial charge in [-0.05, 0) is 88.2 Å². The second-order valence-electron chi connectivity index (χ2n) is 10.2. The molecule has 0 saturated carbocycles. The molecular formula is C30H33ClF2N2O6. The lowest BCUT2D eigenvalue weighted by molar-refractivity contribution is -0.120. The van der Waals surface area contributed by atoms with Gasteiger partial charge in [-0.15, -0.1) is 0 Å². The number of aryl methyl sites for hydroxylation is 1. The molecule has 1 atom stereocenters. The maximum atomic E-state index is 13.5. The van der Waals surface area contributed by atoms with Gasteiger partial charge in [0.15, 0.2) is 0 Å². The number of pyridine rings is 1. The molecule has 0 spiro atoms. The third kappa shape index (κ3) is 8.86. The second-order valence-corrected chi connectivity index (χ2v) is 10.6. The summed E-state index contributed by atoms with van der Waals surface area (Å²) in [5, 5.41) is 3.06. The van der Waals surface area contributed by atoms with Crippen molar-refractivity contribution >= 4 is 29.2 Å². The minimum absolute atomic E-state index is 0.135. The van der Waals surface area contributed by atoms with Gasteiger partial charge in [0.1, 0.15) is 11.8 Å². The van der Waals surface area contributed by atoms with Gasteiger partial charge in [0.2, 0.25) is 5.91 Å². The highest BCUT2D eigenvalue weighted by Crippen LogP contribution is 2.35. The van der Waals surface area contributed by atoms with Crippen LogP contribution in [0.15, 0.2) is 59.5 Å². The Balaban J connectivity index is 1.97. The summed E-state index contributed by atoms with van der Waals surface area (Å²) in [6.07, 6.45) is 1.66. The van der Waals surface area contributed by atoms with Crippen LogP contribution in [0.3, 0.4) is 0 Å². The van der Waals surface area contributed by atoms with E-state index < -0.39 is 35.7 Å². The molecule has 8 nitrogen and oxygen atoms in total. The maximum absolute atomic E-state index is 13.5. The number of halogens is 3. The number of benzene rings is 2. The normalized spacial score (nSPS) is 12.2. The summed E-state index contributed by atoms with van der Waals surface area (Å²) in [6.45, 7) is 6.37. The first-order chi connectivity index (χ1) is 19.3. The molecular weight excluding hydrogens is 558 g/mol. The summed E-state index contributed by atoms with van der Waals surface area (Å²) >= 11 is 6.11. The lowest BCUT2D eigenvalue weighted by atomic mass is 10.0. The van der Waals surface area contributed by atoms with Gasteiger partial charge in [0.25, 0.3) is 5.56 Å². The zero-order valence-electron chi connectivity index (χ0n) is 23.5. The fraction of sp³-hybridized carbons (Fsp3) is 0.367. The monoisotopic (exact) mass is 590 g/mol. The maximum Gasteiger partial charge on any atom is 0.387 e. The topological polar surface area (TPSA) is 95.9 Å². The highest BCUT2D eigenvalue weighted by Gasteiger charge is 2.25. The van der Waals surface area contributed by atoms with Crippen molar-refractivity contribution in [3.63, 3.8) is 0 Å². The number of rotatable bonds is 11. The van der Waals surface area contributed by atoms with Crippen LogP contribution in [0.1, 0.15) is 56.1 Å². The van der Waals surface area contributed by atoms with Crippen molar-refractivity contribution in [2.24, 2.45) is 0 Å². The Kier molecular flexibility index (Phi) is 10.6. The zero-order chi connectivity index (χ0) is 30.3. The predicted octanol–water partition coefficient (Wildman–Crippen LogP) is 6.64. The van der Waals surface area contributed by atoms with E-state index in [0.29, 0.717) is 22.4 Å². The summed E-state index contributed by atoms with van der Waals surface area (Å²) in [4.78, 5) is 38.8. The highest BCUT2D eigenvalue weighted by molar-refractivity contribution is 6.31. The third-order valence-electron chi connectivity index (χ3n) is 5.96. The molecule has 0 radical (unpaired) electrons. The predicted molar refractivity (Wildman–Crippen MR) is 153 cm³/mol. The largest absolute Gasteiger partial charge is 0.462 e. The molecule has 1 unspecified atom stereocenters. The molecule has 3 rings (SSSR count). The van der Waals surface area contributed by atoms with E-state index in [9.17, 15) is 23.2 Å². The number of hydrogen-bond donors (Lipinski definition) is 1. The van der Waals surface area contributed by atoms with Crippen LogP contribution in [0.4, 0.5) is 14.5 Å². The van der Waals surface area contributed by atoms with Gasteiger partial charge in [0, 0.05) is 41.6 Å². The van der Waals surface area contributed by atoms with E-state index in [-0.39, 0.29) is 36.0 Å². The Hall–Kier alpha value is -3.76. The number of amides is 1. The Morgan fingerprint density at radius 2 is 1.73 bits per heavy atom. The first-order valence-corrected chi connectivity index (χ1v) is 13.4. The molecule has 0 aliphatic carbocycles. The number of hydrogen-bond acceptors (Lipinski definition) is 6. The van der Waals surface area contributed by atoms with E-state index in [2.05, 4.69) is 10.1 Å². The number of esters is 1. The van der Waals surface area contributed by atoms with E-state index in [1.807, 2.05) is 20.8 Å². The van der Waals surface area contributed by atoms with E-state index in [1.165, 1.54) is 47.2 Å². The molecule has 2 aromatic carbocycles. The van der Waals surface area contributed by atoms with Gasteiger partial charge in [-0.1, -0.05) is 11.6 Å². The summed E-state index contributed by atoms with van der Waals surface area (Å²) < 4.78 is 42.8. The van der Waals surface area contributed by atoms with Crippen molar-refractivity contribution in [2.75, 3.05) is 18.5 Å². The molecule has 41 heavy (non-hydrogen) atoms. The first kappa shape index (κ1) is 31.8. The third-order valence-corrected chi connectivity index (χ3v) is 6.19. The smallest absolute Gasteiger partial charge is 0.387 e. The molecule has 1 N–H and O–H groups in total. The lowest BCUT2D eigenvalue weighted by Gasteiger charge is -2.24. The van der Waals surface area contributed by atoms with Crippen LogP contribution in [-0.4, -0.2) is 41.9 Å². The number of ether oxygens (including phenoxy) is 3. The minimum atomic E-state index is -3.07. The Morgan fingerprint density at radius 3 is 2.34 bits per heavy atom. The van der Waals surface area contributed by atoms with Crippen LogP contribution in [0.2, 0.25) is 5.02 Å². The van der Waals surface area contributed by atoms with Gasteiger partial charge in [0.05, 0.1) is 17.8 Å². The van der Waals surface area contributed by atoms with Crippen molar-refractivity contribution in [1.82, 2.24) is 4.57 Å². The molecule has 220 valence electrons. The van der Waals surface area contributed by atoms with Gasteiger partial charge < -0.3 is 24.1 Å². The van der Waals surface area contributed by atoms with Crippen molar-refractivity contribution in [1.29, 1.82) is 0 Å². The second kappa shape index (κ2) is 13.7. The summed E-state index contributed by atoms with van der Waals surface area (Å²) in [5.74, 6) is -1.10. The van der Waals surface area contributed by atoms with Crippen LogP contribution >= 0.6 is 11.6 Å². The Labute approximate surface area is 242 Å². The van der Waals surface area contributed by atoms with Crippen LogP contribution in [0, 0.1) is 6.92 Å². The molecule has 0 saturated heterocycles. The number of carbonyl (C=O) groups is 2. The van der Waals surface area contributed by atoms with Gasteiger partial charge in [-0.25, -0.2) is 4.79 Å². The molecule has 11 heteroatoms. The molecule has 1 aromatic heterocycles. The van der Waals surface area contributed by atoms with Gasteiger partial charge >= 0.3 is 12.6 Å². The standard InChI is InChI=1S/C30H33ClF2N2O6/c1-6-39-28(38)19-7-10-21(11-8-19)34-27(37)24(13-14-40-30(3,4)5)35-17-18(2)22(16-26(35)36)23-15-20(31)9-12-25(23)41-29(32)33/h7-12,15-17,24,29H,6,13-14H2,1-5H3,(H,34,37). The molecule has 3 aromatic rings. The molecule has 0 aliphatic rings. The fourth-order valence-electron chi connectivity index (χ4n) is 4.10. The number of carbonyl (C=O) groups excluding carboxylic acids is 2. The van der Waals surface area contributed by atoms with Gasteiger partial charge in [-0.2, -0.15) is 8.78 Å². The molecule has 1 heterocycles. The summed E-state index contributed by atoms with van der Waals surface area (Å²) in [6, 6.07) is 10.6. The number of aromatic nitrogens is 1. The van der Waals surface area contributed by atoms with E-state index in [0.717, 1.165) is 0 Å². The minimum Gasteiger partial charge on any atom is -0.462 e. The first-order valence-electron chi connectivity index (χ1n) is 13.0. The number of nitrogens with zero attached hydrogens (tertiary/aromatic N) is 1. The number of anilines is 1. The van der Waals surface area contributed by atoms with Crippen LogP contribution in [0.25, 0.3) is 11.1 Å². The quantitative estimate of drug-likeness (QED) is 0.252. The molecule has 0 bridgehead atoms. The highest BCUT2D eigenvalue weighted by atomic mass is 35.5. The van der Waals surface area contributed by atoms with E-state index in [1.54, 1.807) is 26.0 Å². The lowest BCUT2D eigenvalue weighted by Crippen LogP contribution is -2.34.